The highest BCUT2D eigenvalue weighted by Gasteiger charge is 2.21. The van der Waals surface area contributed by atoms with Crippen molar-refractivity contribution in [1.29, 1.82) is 0 Å². The van der Waals surface area contributed by atoms with E-state index in [1.807, 2.05) is 30.6 Å². The van der Waals surface area contributed by atoms with Crippen molar-refractivity contribution in [1.82, 2.24) is 14.1 Å². The number of anilines is 3. The number of aromatic nitrogens is 3. The summed E-state index contributed by atoms with van der Waals surface area (Å²) in [4.78, 5) is 6.69. The first kappa shape index (κ1) is 30.7. The first-order valence-electron chi connectivity index (χ1n) is 17.8. The fourth-order valence-electron chi connectivity index (χ4n) is 7.91. The molecule has 0 amide bonds. The number of para-hydroxylation sites is 3. The predicted molar refractivity (Wildman–Crippen MR) is 220 cm³/mol. The average molecular weight is 683 g/mol. The van der Waals surface area contributed by atoms with Crippen LogP contribution in [-0.2, 0) is 0 Å². The van der Waals surface area contributed by atoms with E-state index in [-0.39, 0.29) is 0 Å². The van der Waals surface area contributed by atoms with E-state index in [9.17, 15) is 0 Å². The topological polar surface area (TPSA) is 35.2 Å². The quantitative estimate of drug-likeness (QED) is 0.168. The van der Waals surface area contributed by atoms with E-state index >= 15 is 0 Å². The molecule has 7 aromatic carbocycles. The number of hydrogen-bond acceptors (Lipinski definition) is 3. The smallest absolute Gasteiger partial charge is 0.119 e. The van der Waals surface area contributed by atoms with Crippen molar-refractivity contribution in [3.8, 4) is 28.3 Å². The van der Waals surface area contributed by atoms with Crippen LogP contribution in [0.3, 0.4) is 0 Å². The average Bonchev–Trinajstić information content (AvgIpc) is 3.75. The normalized spacial score (nSPS) is 11.5. The zero-order valence-electron chi connectivity index (χ0n) is 29.1. The molecule has 0 aliphatic rings. The van der Waals surface area contributed by atoms with Crippen molar-refractivity contribution in [2.24, 2.45) is 0 Å². The van der Waals surface area contributed by atoms with Gasteiger partial charge in [-0.15, -0.1) is 0 Å². The molecule has 0 N–H and O–H groups in total. The van der Waals surface area contributed by atoms with E-state index in [0.29, 0.717) is 0 Å². The van der Waals surface area contributed by atoms with Gasteiger partial charge in [-0.3, -0.25) is 4.98 Å². The van der Waals surface area contributed by atoms with E-state index in [1.54, 1.807) is 7.11 Å². The zero-order chi connectivity index (χ0) is 35.3. The summed E-state index contributed by atoms with van der Waals surface area (Å²) in [7, 11) is 1.71. The summed E-state index contributed by atoms with van der Waals surface area (Å²) in [6, 6.07) is 62.7. The summed E-state index contributed by atoms with van der Waals surface area (Å²) in [5, 5.41) is 4.88. The molecule has 53 heavy (non-hydrogen) atoms. The minimum absolute atomic E-state index is 0.819. The van der Waals surface area contributed by atoms with Gasteiger partial charge >= 0.3 is 0 Å². The summed E-state index contributed by atoms with van der Waals surface area (Å²) >= 11 is 0. The molecule has 0 aliphatic heterocycles. The lowest BCUT2D eigenvalue weighted by Crippen LogP contribution is -2.10. The third kappa shape index (κ3) is 5.05. The maximum absolute atomic E-state index is 5.58. The Morgan fingerprint density at radius 3 is 1.58 bits per heavy atom. The maximum atomic E-state index is 5.58. The van der Waals surface area contributed by atoms with Crippen molar-refractivity contribution in [3.05, 3.63) is 188 Å². The Kier molecular flexibility index (Phi) is 7.29. The van der Waals surface area contributed by atoms with Crippen LogP contribution in [0.15, 0.2) is 188 Å². The molecular weight excluding hydrogens is 649 g/mol. The second-order valence-corrected chi connectivity index (χ2v) is 13.2. The van der Waals surface area contributed by atoms with Gasteiger partial charge in [-0.1, -0.05) is 78.9 Å². The Bertz CT molecular complexity index is 2850. The van der Waals surface area contributed by atoms with Gasteiger partial charge in [0.15, 0.2) is 0 Å². The van der Waals surface area contributed by atoms with Gasteiger partial charge in [0.05, 0.1) is 34.9 Å². The zero-order valence-corrected chi connectivity index (χ0v) is 29.1. The van der Waals surface area contributed by atoms with Crippen molar-refractivity contribution < 1.29 is 4.74 Å². The number of rotatable bonds is 7. The summed E-state index contributed by atoms with van der Waals surface area (Å²) in [6.07, 6.45) is 3.72. The molecule has 10 aromatic rings. The van der Waals surface area contributed by atoms with Gasteiger partial charge in [0.25, 0.3) is 0 Å². The first-order valence-corrected chi connectivity index (χ1v) is 17.8. The molecule has 3 aromatic heterocycles. The second kappa shape index (κ2) is 12.6. The summed E-state index contributed by atoms with van der Waals surface area (Å²) < 4.78 is 10.3. The number of nitrogens with zero attached hydrogens (tertiary/aromatic N) is 4. The monoisotopic (exact) mass is 682 g/mol. The van der Waals surface area contributed by atoms with Gasteiger partial charge in [0, 0.05) is 56.7 Å². The largest absolute Gasteiger partial charge is 0.497 e. The van der Waals surface area contributed by atoms with Gasteiger partial charge < -0.3 is 18.8 Å². The molecule has 0 atom stereocenters. The number of fused-ring (bicyclic) bond motifs is 6. The van der Waals surface area contributed by atoms with E-state index in [2.05, 4.69) is 177 Å². The number of hydrogen-bond donors (Lipinski definition) is 0. The third-order valence-electron chi connectivity index (χ3n) is 10.3. The van der Waals surface area contributed by atoms with Gasteiger partial charge in [0.2, 0.25) is 0 Å². The molecule has 0 aliphatic carbocycles. The van der Waals surface area contributed by atoms with Crippen LogP contribution in [0.25, 0.3) is 66.1 Å². The van der Waals surface area contributed by atoms with E-state index < -0.39 is 0 Å². The number of benzene rings is 7. The van der Waals surface area contributed by atoms with E-state index in [0.717, 1.165) is 56.3 Å². The lowest BCUT2D eigenvalue weighted by atomic mass is 10.1. The molecule has 5 nitrogen and oxygen atoms in total. The third-order valence-corrected chi connectivity index (χ3v) is 10.3. The van der Waals surface area contributed by atoms with Crippen LogP contribution >= 0.6 is 0 Å². The van der Waals surface area contributed by atoms with Crippen molar-refractivity contribution in [3.63, 3.8) is 0 Å². The molecule has 0 bridgehead atoms. The van der Waals surface area contributed by atoms with Gasteiger partial charge in [-0.05, 0) is 108 Å². The minimum atomic E-state index is 0.819. The SMILES string of the molecule is COc1ccc(N(c2ccc(-n3c4ccccc4c4ccccc43)cc2)c2cccc3c2c2ccccc2n3-c2ccc(-c3cccnc3)cc2)cc1. The molecule has 5 heteroatoms. The van der Waals surface area contributed by atoms with Crippen molar-refractivity contribution in [2.45, 2.75) is 0 Å². The molecule has 252 valence electrons. The molecule has 0 spiro atoms. The molecule has 0 radical (unpaired) electrons. The molecule has 0 saturated heterocycles. The number of pyridine rings is 1. The van der Waals surface area contributed by atoms with Crippen LogP contribution < -0.4 is 9.64 Å². The standard InChI is InChI=1S/C48H34N4O/c1-53-39-29-27-36(28-30-39)50(35-23-25-38(26-24-35)51-43-14-5-2-11-40(43)41-12-3-6-15-44(41)51)46-17-8-18-47-48(46)42-13-4-7-16-45(42)52(47)37-21-19-33(20-22-37)34-10-9-31-49-32-34/h2-32H,1H3. The molecule has 0 fully saturated rings. The lowest BCUT2D eigenvalue weighted by Gasteiger charge is -2.27. The first-order chi connectivity index (χ1) is 26.3. The van der Waals surface area contributed by atoms with Crippen LogP contribution in [0.4, 0.5) is 17.1 Å². The molecule has 0 saturated carbocycles. The van der Waals surface area contributed by atoms with Crippen molar-refractivity contribution >= 4 is 60.7 Å². The summed E-state index contributed by atoms with van der Waals surface area (Å²) in [5.74, 6) is 0.819. The molecular formula is C48H34N4O. The van der Waals surface area contributed by atoms with Crippen LogP contribution in [-0.4, -0.2) is 21.2 Å². The number of ether oxygens (including phenoxy) is 1. The number of methoxy groups -OCH3 is 1. The molecule has 3 heterocycles. The molecule has 0 unspecified atom stereocenters. The fourth-order valence-corrected chi connectivity index (χ4v) is 7.91. The second-order valence-electron chi connectivity index (χ2n) is 13.2. The van der Waals surface area contributed by atoms with Crippen molar-refractivity contribution in [2.75, 3.05) is 12.0 Å². The highest BCUT2D eigenvalue weighted by Crippen LogP contribution is 2.44. The van der Waals surface area contributed by atoms with Crippen LogP contribution in [0, 0.1) is 0 Å². The fraction of sp³-hybridized carbons (Fsp3) is 0.0208. The summed E-state index contributed by atoms with van der Waals surface area (Å²) in [6.45, 7) is 0. The lowest BCUT2D eigenvalue weighted by molar-refractivity contribution is 0.415. The Morgan fingerprint density at radius 2 is 0.981 bits per heavy atom. The Balaban J connectivity index is 1.16. The van der Waals surface area contributed by atoms with Gasteiger partial charge in [-0.2, -0.15) is 0 Å². The Labute approximate surface area is 307 Å². The Morgan fingerprint density at radius 1 is 0.453 bits per heavy atom. The van der Waals surface area contributed by atoms with E-state index in [4.69, 9.17) is 4.74 Å². The summed E-state index contributed by atoms with van der Waals surface area (Å²) in [5.41, 5.74) is 12.3. The van der Waals surface area contributed by atoms with Crippen LogP contribution in [0.5, 0.6) is 5.75 Å². The van der Waals surface area contributed by atoms with Crippen LogP contribution in [0.1, 0.15) is 0 Å². The predicted octanol–water partition coefficient (Wildman–Crippen LogP) is 12.4. The minimum Gasteiger partial charge on any atom is -0.497 e. The highest BCUT2D eigenvalue weighted by atomic mass is 16.5. The van der Waals surface area contributed by atoms with E-state index in [1.165, 1.54) is 32.6 Å². The maximum Gasteiger partial charge on any atom is 0.119 e. The van der Waals surface area contributed by atoms with Gasteiger partial charge in [-0.25, -0.2) is 0 Å². The Hall–Kier alpha value is -7.11. The highest BCUT2D eigenvalue weighted by molar-refractivity contribution is 6.16. The van der Waals surface area contributed by atoms with Gasteiger partial charge in [0.1, 0.15) is 5.75 Å². The van der Waals surface area contributed by atoms with Crippen LogP contribution in [0.2, 0.25) is 0 Å². The molecule has 10 rings (SSSR count).